The molecule has 0 saturated carbocycles. The molecule has 2 N–H and O–H groups in total. The van der Waals surface area contributed by atoms with E-state index in [2.05, 4.69) is 48.2 Å². The molecule has 0 bridgehead atoms. The fourth-order valence-electron chi connectivity index (χ4n) is 2.44. The van der Waals surface area contributed by atoms with Crippen LogP contribution < -0.4 is 5.32 Å². The number of amides is 1. The van der Waals surface area contributed by atoms with Gasteiger partial charge in [-0.3, -0.25) is 4.79 Å². The summed E-state index contributed by atoms with van der Waals surface area (Å²) in [5, 5.41) is 2.92. The Morgan fingerprint density at radius 3 is 2.61 bits per heavy atom. The average Bonchev–Trinajstić information content (AvgIpc) is 2.95. The van der Waals surface area contributed by atoms with Crippen molar-refractivity contribution in [1.29, 1.82) is 0 Å². The van der Waals surface area contributed by atoms with Crippen LogP contribution in [0.25, 0.3) is 22.4 Å². The van der Waals surface area contributed by atoms with Crippen LogP contribution in [0.15, 0.2) is 42.5 Å². The topological polar surface area (TPSA) is 57.8 Å². The highest BCUT2D eigenvalue weighted by Gasteiger charge is 2.09. The number of rotatable bonds is 4. The van der Waals surface area contributed by atoms with Crippen LogP contribution in [0.5, 0.6) is 0 Å². The number of carbonyl (C=O) groups is 1. The summed E-state index contributed by atoms with van der Waals surface area (Å²) in [7, 11) is 0. The normalized spacial score (nSPS) is 11.1. The first-order valence-electron chi connectivity index (χ1n) is 7.88. The number of aryl methyl sites for hydroxylation is 1. The van der Waals surface area contributed by atoms with E-state index in [1.165, 1.54) is 5.56 Å². The minimum absolute atomic E-state index is 0.0366. The summed E-state index contributed by atoms with van der Waals surface area (Å²) in [6.45, 7) is 6.90. The van der Waals surface area contributed by atoms with E-state index in [1.54, 1.807) is 0 Å². The number of carbonyl (C=O) groups excluding carboxylic acids is 1. The van der Waals surface area contributed by atoms with Gasteiger partial charge in [-0.1, -0.05) is 32.0 Å². The number of benzene rings is 2. The molecule has 0 unspecified atom stereocenters. The SMILES string of the molecule is Cc1ccc2nc(-c3ccc(C(=O)NCC(C)C)cc3)[nH]c2c1. The van der Waals surface area contributed by atoms with Gasteiger partial charge >= 0.3 is 0 Å². The third-order valence-corrected chi connectivity index (χ3v) is 3.73. The number of nitrogens with one attached hydrogen (secondary N) is 2. The summed E-state index contributed by atoms with van der Waals surface area (Å²) in [5.41, 5.74) is 4.81. The van der Waals surface area contributed by atoms with Crippen molar-refractivity contribution >= 4 is 16.9 Å². The average molecular weight is 307 g/mol. The van der Waals surface area contributed by atoms with Crippen LogP contribution in [0, 0.1) is 12.8 Å². The molecule has 1 amide bonds. The lowest BCUT2D eigenvalue weighted by Crippen LogP contribution is -2.27. The molecule has 2 aromatic carbocycles. The molecule has 0 aliphatic rings. The second-order valence-corrected chi connectivity index (χ2v) is 6.29. The molecule has 1 aromatic heterocycles. The van der Waals surface area contributed by atoms with Gasteiger partial charge in [0.2, 0.25) is 0 Å². The summed E-state index contributed by atoms with van der Waals surface area (Å²) >= 11 is 0. The van der Waals surface area contributed by atoms with Crippen LogP contribution >= 0.6 is 0 Å². The maximum Gasteiger partial charge on any atom is 0.251 e. The molecule has 1 heterocycles. The zero-order chi connectivity index (χ0) is 16.4. The lowest BCUT2D eigenvalue weighted by Gasteiger charge is -2.07. The molecule has 4 nitrogen and oxygen atoms in total. The van der Waals surface area contributed by atoms with E-state index in [-0.39, 0.29) is 5.91 Å². The fourth-order valence-corrected chi connectivity index (χ4v) is 2.44. The summed E-state index contributed by atoms with van der Waals surface area (Å²) in [4.78, 5) is 20.0. The fraction of sp³-hybridized carbons (Fsp3) is 0.263. The van der Waals surface area contributed by atoms with Gasteiger partial charge in [0.15, 0.2) is 0 Å². The van der Waals surface area contributed by atoms with Crippen molar-refractivity contribution in [2.75, 3.05) is 6.54 Å². The highest BCUT2D eigenvalue weighted by molar-refractivity contribution is 5.94. The Bertz CT molecular complexity index is 831. The third kappa shape index (κ3) is 3.42. The third-order valence-electron chi connectivity index (χ3n) is 3.73. The number of imidazole rings is 1. The van der Waals surface area contributed by atoms with Crippen LogP contribution in [-0.4, -0.2) is 22.4 Å². The predicted octanol–water partition coefficient (Wildman–Crippen LogP) is 3.92. The quantitative estimate of drug-likeness (QED) is 0.767. The molecule has 118 valence electrons. The van der Waals surface area contributed by atoms with Gasteiger partial charge in [-0.25, -0.2) is 4.98 Å². The van der Waals surface area contributed by atoms with Crippen LogP contribution in [0.2, 0.25) is 0 Å². The van der Waals surface area contributed by atoms with Crippen LogP contribution in [0.1, 0.15) is 29.8 Å². The monoisotopic (exact) mass is 307 g/mol. The second-order valence-electron chi connectivity index (χ2n) is 6.29. The molecule has 4 heteroatoms. The molecule has 0 spiro atoms. The van der Waals surface area contributed by atoms with Gasteiger partial charge in [0.1, 0.15) is 5.82 Å². The van der Waals surface area contributed by atoms with Crippen molar-refractivity contribution in [2.45, 2.75) is 20.8 Å². The number of hydrogen-bond acceptors (Lipinski definition) is 2. The zero-order valence-corrected chi connectivity index (χ0v) is 13.7. The number of aromatic amines is 1. The van der Waals surface area contributed by atoms with Crippen molar-refractivity contribution < 1.29 is 4.79 Å². The Hall–Kier alpha value is -2.62. The van der Waals surface area contributed by atoms with Gasteiger partial charge in [0, 0.05) is 17.7 Å². The predicted molar refractivity (Wildman–Crippen MR) is 93.4 cm³/mol. The molecule has 0 fully saturated rings. The van der Waals surface area contributed by atoms with E-state index < -0.39 is 0 Å². The molecule has 0 atom stereocenters. The standard InChI is InChI=1S/C19H21N3O/c1-12(2)11-20-19(23)15-7-5-14(6-8-15)18-21-16-9-4-13(3)10-17(16)22-18/h4-10,12H,11H2,1-3H3,(H,20,23)(H,21,22). The summed E-state index contributed by atoms with van der Waals surface area (Å²) in [5.74, 6) is 1.22. The van der Waals surface area contributed by atoms with Crippen molar-refractivity contribution in [3.63, 3.8) is 0 Å². The second kappa shape index (κ2) is 6.24. The first-order valence-corrected chi connectivity index (χ1v) is 7.88. The number of hydrogen-bond donors (Lipinski definition) is 2. The van der Waals surface area contributed by atoms with Gasteiger partial charge < -0.3 is 10.3 Å². The number of aromatic nitrogens is 2. The van der Waals surface area contributed by atoms with E-state index in [0.717, 1.165) is 22.4 Å². The van der Waals surface area contributed by atoms with E-state index >= 15 is 0 Å². The van der Waals surface area contributed by atoms with Crippen molar-refractivity contribution in [3.05, 3.63) is 53.6 Å². The lowest BCUT2D eigenvalue weighted by atomic mass is 10.1. The van der Waals surface area contributed by atoms with E-state index in [4.69, 9.17) is 0 Å². The molecule has 3 rings (SSSR count). The first-order chi connectivity index (χ1) is 11.0. The molecule has 0 aliphatic heterocycles. The summed E-state index contributed by atoms with van der Waals surface area (Å²) < 4.78 is 0. The first kappa shape index (κ1) is 15.3. The molecule has 0 radical (unpaired) electrons. The van der Waals surface area contributed by atoms with E-state index in [1.807, 2.05) is 30.3 Å². The molecule has 23 heavy (non-hydrogen) atoms. The van der Waals surface area contributed by atoms with Gasteiger partial charge in [-0.15, -0.1) is 0 Å². The smallest absolute Gasteiger partial charge is 0.251 e. The summed E-state index contributed by atoms with van der Waals surface area (Å²) in [6, 6.07) is 13.7. The largest absolute Gasteiger partial charge is 0.352 e. The molecule has 0 saturated heterocycles. The molecular weight excluding hydrogens is 286 g/mol. The Morgan fingerprint density at radius 1 is 1.17 bits per heavy atom. The highest BCUT2D eigenvalue weighted by atomic mass is 16.1. The van der Waals surface area contributed by atoms with Crippen LogP contribution in [0.3, 0.4) is 0 Å². The van der Waals surface area contributed by atoms with Crippen molar-refractivity contribution in [2.24, 2.45) is 5.92 Å². The Morgan fingerprint density at radius 2 is 1.91 bits per heavy atom. The minimum atomic E-state index is -0.0366. The van der Waals surface area contributed by atoms with E-state index in [9.17, 15) is 4.79 Å². The molecular formula is C19H21N3O. The van der Waals surface area contributed by atoms with Gasteiger partial charge in [-0.05, 0) is 42.7 Å². The number of nitrogens with zero attached hydrogens (tertiary/aromatic N) is 1. The highest BCUT2D eigenvalue weighted by Crippen LogP contribution is 2.21. The Kier molecular flexibility index (Phi) is 4.15. The maximum absolute atomic E-state index is 12.0. The van der Waals surface area contributed by atoms with Crippen molar-refractivity contribution in [3.8, 4) is 11.4 Å². The summed E-state index contributed by atoms with van der Waals surface area (Å²) in [6.07, 6.45) is 0. The zero-order valence-electron chi connectivity index (χ0n) is 13.7. The lowest BCUT2D eigenvalue weighted by molar-refractivity contribution is 0.0949. The maximum atomic E-state index is 12.0. The Labute approximate surface area is 136 Å². The number of H-pyrrole nitrogens is 1. The Balaban J connectivity index is 1.81. The van der Waals surface area contributed by atoms with Crippen LogP contribution in [-0.2, 0) is 0 Å². The molecule has 0 aliphatic carbocycles. The molecule has 3 aromatic rings. The van der Waals surface area contributed by atoms with E-state index in [0.29, 0.717) is 18.0 Å². The number of fused-ring (bicyclic) bond motifs is 1. The van der Waals surface area contributed by atoms with Gasteiger partial charge in [0.05, 0.1) is 11.0 Å². The van der Waals surface area contributed by atoms with Crippen molar-refractivity contribution in [1.82, 2.24) is 15.3 Å². The van der Waals surface area contributed by atoms with Gasteiger partial charge in [0.25, 0.3) is 5.91 Å². The van der Waals surface area contributed by atoms with Gasteiger partial charge in [-0.2, -0.15) is 0 Å². The minimum Gasteiger partial charge on any atom is -0.352 e. The van der Waals surface area contributed by atoms with Crippen LogP contribution in [0.4, 0.5) is 0 Å².